The summed E-state index contributed by atoms with van der Waals surface area (Å²) in [6.07, 6.45) is 2.23. The number of carbonyl (C=O) groups is 1. The Bertz CT molecular complexity index is 725. The summed E-state index contributed by atoms with van der Waals surface area (Å²) in [5.74, 6) is -2.62. The van der Waals surface area contributed by atoms with E-state index in [9.17, 15) is 18.7 Å². The molecule has 0 saturated heterocycles. The van der Waals surface area contributed by atoms with Crippen LogP contribution in [0.15, 0.2) is 18.2 Å². The van der Waals surface area contributed by atoms with Crippen molar-refractivity contribution in [2.24, 2.45) is 5.92 Å². The van der Waals surface area contributed by atoms with Crippen LogP contribution in [0.2, 0.25) is 0 Å². The van der Waals surface area contributed by atoms with E-state index in [1.165, 1.54) is 10.7 Å². The summed E-state index contributed by atoms with van der Waals surface area (Å²) in [5.41, 5.74) is 1.82. The van der Waals surface area contributed by atoms with E-state index in [0.717, 1.165) is 24.2 Å². The van der Waals surface area contributed by atoms with Crippen LogP contribution in [-0.2, 0) is 12.8 Å². The van der Waals surface area contributed by atoms with Crippen molar-refractivity contribution in [1.82, 2.24) is 9.78 Å². The van der Waals surface area contributed by atoms with Crippen molar-refractivity contribution in [1.29, 1.82) is 0 Å². The second kappa shape index (κ2) is 4.95. The van der Waals surface area contributed by atoms with Gasteiger partial charge in [-0.3, -0.25) is 0 Å². The Morgan fingerprint density at radius 1 is 1.38 bits per heavy atom. The Morgan fingerprint density at radius 3 is 2.81 bits per heavy atom. The highest BCUT2D eigenvalue weighted by Crippen LogP contribution is 2.30. The summed E-state index contributed by atoms with van der Waals surface area (Å²) < 4.78 is 27.9. The molecule has 1 heterocycles. The number of nitrogens with zero attached hydrogens (tertiary/aromatic N) is 2. The fraction of sp³-hybridized carbons (Fsp3) is 0.333. The van der Waals surface area contributed by atoms with Gasteiger partial charge in [0.25, 0.3) is 0 Å². The Labute approximate surface area is 120 Å². The maximum atomic E-state index is 13.4. The van der Waals surface area contributed by atoms with E-state index >= 15 is 0 Å². The molecule has 1 aromatic heterocycles. The van der Waals surface area contributed by atoms with Gasteiger partial charge in [0.15, 0.2) is 17.3 Å². The van der Waals surface area contributed by atoms with E-state index in [0.29, 0.717) is 30.0 Å². The van der Waals surface area contributed by atoms with Crippen LogP contribution in [-0.4, -0.2) is 20.9 Å². The summed E-state index contributed by atoms with van der Waals surface area (Å²) in [4.78, 5) is 11.3. The Morgan fingerprint density at radius 2 is 2.14 bits per heavy atom. The number of halogens is 2. The predicted octanol–water partition coefficient (Wildman–Crippen LogP) is 2.97. The molecular formula is C15H14F2N2O2. The lowest BCUT2D eigenvalue weighted by atomic mass is 9.87. The van der Waals surface area contributed by atoms with Crippen molar-refractivity contribution >= 4 is 5.97 Å². The quantitative estimate of drug-likeness (QED) is 0.925. The second-order valence-electron chi connectivity index (χ2n) is 5.44. The zero-order valence-electron chi connectivity index (χ0n) is 11.4. The third kappa shape index (κ3) is 2.30. The molecule has 1 N–H and O–H groups in total. The maximum absolute atomic E-state index is 13.4. The minimum Gasteiger partial charge on any atom is -0.476 e. The average molecular weight is 292 g/mol. The molecule has 4 nitrogen and oxygen atoms in total. The number of aromatic carboxylic acids is 1. The van der Waals surface area contributed by atoms with Gasteiger partial charge < -0.3 is 5.11 Å². The van der Waals surface area contributed by atoms with Gasteiger partial charge in [0.2, 0.25) is 0 Å². The van der Waals surface area contributed by atoms with Gasteiger partial charge in [0, 0.05) is 17.3 Å². The van der Waals surface area contributed by atoms with E-state index in [2.05, 4.69) is 12.0 Å². The molecule has 110 valence electrons. The normalized spacial score (nSPS) is 17.6. The van der Waals surface area contributed by atoms with Crippen molar-refractivity contribution < 1.29 is 18.7 Å². The SMILES string of the molecule is CC1CCc2c(c(C(=O)O)nn2-c2ccc(F)c(F)c2)C1. The topological polar surface area (TPSA) is 55.1 Å². The van der Waals surface area contributed by atoms with E-state index in [1.807, 2.05) is 0 Å². The van der Waals surface area contributed by atoms with Crippen molar-refractivity contribution in [2.45, 2.75) is 26.2 Å². The standard InChI is InChI=1S/C15H14F2N2O2/c1-8-2-5-13-10(6-8)14(15(20)21)18-19(13)9-3-4-11(16)12(17)7-9/h3-4,7-8H,2,5-6H2,1H3,(H,20,21). The lowest BCUT2D eigenvalue weighted by molar-refractivity contribution is 0.0688. The Balaban J connectivity index is 2.17. The van der Waals surface area contributed by atoms with Crippen LogP contribution in [0.1, 0.15) is 35.1 Å². The number of aromatic nitrogens is 2. The molecular weight excluding hydrogens is 278 g/mol. The fourth-order valence-corrected chi connectivity index (χ4v) is 2.79. The summed E-state index contributed by atoms with van der Waals surface area (Å²) >= 11 is 0. The molecule has 2 aromatic rings. The third-order valence-electron chi connectivity index (χ3n) is 3.87. The van der Waals surface area contributed by atoms with Gasteiger partial charge in [0.1, 0.15) is 0 Å². The number of hydrogen-bond acceptors (Lipinski definition) is 2. The molecule has 0 bridgehead atoms. The molecule has 0 radical (unpaired) electrons. The van der Waals surface area contributed by atoms with Crippen LogP contribution in [0.4, 0.5) is 8.78 Å². The monoisotopic (exact) mass is 292 g/mol. The van der Waals surface area contributed by atoms with Crippen molar-refractivity contribution in [3.63, 3.8) is 0 Å². The van der Waals surface area contributed by atoms with Gasteiger partial charge in [-0.2, -0.15) is 5.10 Å². The fourth-order valence-electron chi connectivity index (χ4n) is 2.79. The molecule has 0 saturated carbocycles. The molecule has 0 aliphatic heterocycles. The van der Waals surface area contributed by atoms with E-state index in [1.54, 1.807) is 0 Å². The van der Waals surface area contributed by atoms with Crippen LogP contribution in [0, 0.1) is 17.6 Å². The number of carboxylic acids is 1. The lowest BCUT2D eigenvalue weighted by Crippen LogP contribution is -2.14. The average Bonchev–Trinajstić information content (AvgIpc) is 2.80. The first-order valence-electron chi connectivity index (χ1n) is 6.77. The first-order chi connectivity index (χ1) is 9.97. The van der Waals surface area contributed by atoms with Crippen LogP contribution >= 0.6 is 0 Å². The van der Waals surface area contributed by atoms with Crippen molar-refractivity contribution in [2.75, 3.05) is 0 Å². The van der Waals surface area contributed by atoms with Crippen LogP contribution in [0.3, 0.4) is 0 Å². The van der Waals surface area contributed by atoms with Crippen molar-refractivity contribution in [3.05, 3.63) is 46.8 Å². The molecule has 1 atom stereocenters. The van der Waals surface area contributed by atoms with Gasteiger partial charge in [-0.15, -0.1) is 0 Å². The minimum absolute atomic E-state index is 0.00119. The van der Waals surface area contributed by atoms with Gasteiger partial charge in [0.05, 0.1) is 5.69 Å². The van der Waals surface area contributed by atoms with Gasteiger partial charge in [-0.1, -0.05) is 6.92 Å². The molecule has 6 heteroatoms. The smallest absolute Gasteiger partial charge is 0.356 e. The van der Waals surface area contributed by atoms with Crippen LogP contribution in [0.5, 0.6) is 0 Å². The summed E-state index contributed by atoms with van der Waals surface area (Å²) in [6.45, 7) is 2.06. The van der Waals surface area contributed by atoms with E-state index in [-0.39, 0.29) is 5.69 Å². The maximum Gasteiger partial charge on any atom is 0.356 e. The molecule has 21 heavy (non-hydrogen) atoms. The Hall–Kier alpha value is -2.24. The summed E-state index contributed by atoms with van der Waals surface area (Å²) in [5, 5.41) is 13.4. The molecule has 1 aliphatic carbocycles. The first kappa shape index (κ1) is 13.7. The molecule has 1 aliphatic rings. The molecule has 1 aromatic carbocycles. The van der Waals surface area contributed by atoms with Crippen molar-refractivity contribution in [3.8, 4) is 5.69 Å². The zero-order chi connectivity index (χ0) is 15.1. The third-order valence-corrected chi connectivity index (χ3v) is 3.87. The highest BCUT2D eigenvalue weighted by Gasteiger charge is 2.28. The number of rotatable bonds is 2. The largest absolute Gasteiger partial charge is 0.476 e. The highest BCUT2D eigenvalue weighted by atomic mass is 19.2. The number of fused-ring (bicyclic) bond motifs is 1. The van der Waals surface area contributed by atoms with Crippen LogP contribution < -0.4 is 0 Å². The summed E-state index contributed by atoms with van der Waals surface area (Å²) in [6, 6.07) is 3.45. The molecule has 1 unspecified atom stereocenters. The molecule has 0 spiro atoms. The minimum atomic E-state index is -1.10. The molecule has 0 amide bonds. The second-order valence-corrected chi connectivity index (χ2v) is 5.44. The number of carboxylic acid groups (broad SMARTS) is 1. The summed E-state index contributed by atoms with van der Waals surface area (Å²) in [7, 11) is 0. The molecule has 3 rings (SSSR count). The first-order valence-corrected chi connectivity index (χ1v) is 6.77. The van der Waals surface area contributed by atoms with E-state index < -0.39 is 17.6 Å². The van der Waals surface area contributed by atoms with Gasteiger partial charge in [-0.25, -0.2) is 18.3 Å². The Kier molecular flexibility index (Phi) is 3.23. The number of hydrogen-bond donors (Lipinski definition) is 1. The van der Waals surface area contributed by atoms with E-state index in [4.69, 9.17) is 0 Å². The number of benzene rings is 1. The van der Waals surface area contributed by atoms with Gasteiger partial charge in [-0.05, 0) is 37.3 Å². The highest BCUT2D eigenvalue weighted by molar-refractivity contribution is 5.87. The van der Waals surface area contributed by atoms with Crippen LogP contribution in [0.25, 0.3) is 5.69 Å². The predicted molar refractivity (Wildman–Crippen MR) is 71.6 cm³/mol. The molecule has 0 fully saturated rings. The zero-order valence-corrected chi connectivity index (χ0v) is 11.4. The lowest BCUT2D eigenvalue weighted by Gasteiger charge is -2.19. The van der Waals surface area contributed by atoms with Gasteiger partial charge >= 0.3 is 5.97 Å².